The third-order valence-electron chi connectivity index (χ3n) is 4.24. The third-order valence-corrected chi connectivity index (χ3v) is 4.69. The largest absolute Gasteiger partial charge is 0.332 e. The second kappa shape index (κ2) is 7.98. The molecule has 0 saturated carbocycles. The number of carbonyl (C=O) groups excluding carboxylic acids is 1. The van der Waals surface area contributed by atoms with Gasteiger partial charge in [0.15, 0.2) is 5.11 Å². The Labute approximate surface area is 177 Å². The Balaban J connectivity index is 1.47. The van der Waals surface area contributed by atoms with Gasteiger partial charge in [-0.25, -0.2) is 0 Å². The van der Waals surface area contributed by atoms with Crippen LogP contribution in [0, 0.1) is 6.92 Å². The zero-order valence-corrected chi connectivity index (χ0v) is 17.0. The second-order valence-electron chi connectivity index (χ2n) is 6.44. The fourth-order valence-corrected chi connectivity index (χ4v) is 3.06. The van der Waals surface area contributed by atoms with Gasteiger partial charge >= 0.3 is 0 Å². The Bertz CT molecular complexity index is 1200. The smallest absolute Gasteiger partial charge is 0.257 e. The summed E-state index contributed by atoms with van der Waals surface area (Å²) in [5, 5.41) is 15.4. The Morgan fingerprint density at radius 2 is 1.66 bits per heavy atom. The van der Waals surface area contributed by atoms with Crippen molar-refractivity contribution in [3.05, 3.63) is 82.9 Å². The van der Waals surface area contributed by atoms with Crippen LogP contribution in [0.2, 0.25) is 5.02 Å². The van der Waals surface area contributed by atoms with Crippen LogP contribution in [0.5, 0.6) is 0 Å². The highest BCUT2D eigenvalue weighted by molar-refractivity contribution is 7.80. The maximum atomic E-state index is 12.2. The Kier molecular flexibility index (Phi) is 5.24. The van der Waals surface area contributed by atoms with Gasteiger partial charge in [-0.2, -0.15) is 4.80 Å². The quantitative estimate of drug-likeness (QED) is 0.476. The first kappa shape index (κ1) is 19.0. The zero-order valence-electron chi connectivity index (χ0n) is 15.4. The van der Waals surface area contributed by atoms with Crippen LogP contribution in [0.1, 0.15) is 15.9 Å². The number of aromatic nitrogens is 3. The standard InChI is InChI=1S/C21H16ClN5OS/c1-13-2-9-17(10-3-13)27-25-18-11-8-16(12-19(18)26-27)23-21(29)24-20(28)14-4-6-15(22)7-5-14/h2-12H,1H3,(H2,23,24,28,29). The second-order valence-corrected chi connectivity index (χ2v) is 7.29. The summed E-state index contributed by atoms with van der Waals surface area (Å²) in [6, 6.07) is 20.0. The van der Waals surface area contributed by atoms with Crippen LogP contribution in [0.25, 0.3) is 16.7 Å². The first-order valence-corrected chi connectivity index (χ1v) is 9.59. The van der Waals surface area contributed by atoms with Gasteiger partial charge in [0.05, 0.1) is 5.69 Å². The number of hydrogen-bond donors (Lipinski definition) is 2. The Morgan fingerprint density at radius 1 is 0.966 bits per heavy atom. The molecule has 0 aliphatic carbocycles. The number of thiocarbonyl (C=S) groups is 1. The number of benzene rings is 3. The molecule has 144 valence electrons. The lowest BCUT2D eigenvalue weighted by atomic mass is 10.2. The molecule has 4 aromatic rings. The van der Waals surface area contributed by atoms with Gasteiger partial charge in [0, 0.05) is 16.3 Å². The summed E-state index contributed by atoms with van der Waals surface area (Å²) in [5.41, 5.74) is 4.69. The van der Waals surface area contributed by atoms with E-state index < -0.39 is 0 Å². The molecule has 0 aliphatic heterocycles. The molecular formula is C21H16ClN5OS. The van der Waals surface area contributed by atoms with Crippen molar-refractivity contribution in [2.75, 3.05) is 5.32 Å². The van der Waals surface area contributed by atoms with Gasteiger partial charge in [0.25, 0.3) is 5.91 Å². The van der Waals surface area contributed by atoms with Crippen molar-refractivity contribution < 1.29 is 4.79 Å². The lowest BCUT2D eigenvalue weighted by Gasteiger charge is -2.09. The minimum absolute atomic E-state index is 0.190. The Hall–Kier alpha value is -3.29. The average molecular weight is 422 g/mol. The van der Waals surface area contributed by atoms with E-state index in [4.69, 9.17) is 23.8 Å². The molecule has 6 nitrogen and oxygen atoms in total. The summed E-state index contributed by atoms with van der Waals surface area (Å²) < 4.78 is 0. The predicted octanol–water partition coefficient (Wildman–Crippen LogP) is 4.51. The number of carbonyl (C=O) groups is 1. The fraction of sp³-hybridized carbons (Fsp3) is 0.0476. The molecule has 2 N–H and O–H groups in total. The topological polar surface area (TPSA) is 71.8 Å². The lowest BCUT2D eigenvalue weighted by Crippen LogP contribution is -2.34. The van der Waals surface area contributed by atoms with Gasteiger partial charge in [-0.3, -0.25) is 10.1 Å². The number of rotatable bonds is 3. The number of nitrogens with one attached hydrogen (secondary N) is 2. The monoisotopic (exact) mass is 421 g/mol. The minimum Gasteiger partial charge on any atom is -0.332 e. The highest BCUT2D eigenvalue weighted by Gasteiger charge is 2.10. The highest BCUT2D eigenvalue weighted by Crippen LogP contribution is 2.18. The van der Waals surface area contributed by atoms with E-state index in [0.29, 0.717) is 21.8 Å². The van der Waals surface area contributed by atoms with E-state index in [1.54, 1.807) is 29.1 Å². The van der Waals surface area contributed by atoms with Crippen molar-refractivity contribution >= 4 is 51.6 Å². The minimum atomic E-state index is -0.314. The van der Waals surface area contributed by atoms with Crippen molar-refractivity contribution in [3.8, 4) is 5.69 Å². The van der Waals surface area contributed by atoms with E-state index in [2.05, 4.69) is 20.8 Å². The van der Waals surface area contributed by atoms with Crippen molar-refractivity contribution in [3.63, 3.8) is 0 Å². The SMILES string of the molecule is Cc1ccc(-n2nc3ccc(NC(=S)NC(=O)c4ccc(Cl)cc4)cc3n2)cc1. The van der Waals surface area contributed by atoms with E-state index in [-0.39, 0.29) is 11.0 Å². The van der Waals surface area contributed by atoms with Crippen molar-refractivity contribution in [1.82, 2.24) is 20.3 Å². The van der Waals surface area contributed by atoms with Gasteiger partial charge in [-0.15, -0.1) is 10.2 Å². The number of nitrogens with zero attached hydrogens (tertiary/aromatic N) is 3. The highest BCUT2D eigenvalue weighted by atomic mass is 35.5. The fourth-order valence-electron chi connectivity index (χ4n) is 2.72. The summed E-state index contributed by atoms with van der Waals surface area (Å²) >= 11 is 11.1. The number of anilines is 1. The molecule has 8 heteroatoms. The first-order valence-electron chi connectivity index (χ1n) is 8.80. The van der Waals surface area contributed by atoms with Crippen LogP contribution in [-0.4, -0.2) is 26.0 Å². The van der Waals surface area contributed by atoms with E-state index >= 15 is 0 Å². The summed E-state index contributed by atoms with van der Waals surface area (Å²) in [7, 11) is 0. The van der Waals surface area contributed by atoms with Crippen LogP contribution in [0.3, 0.4) is 0 Å². The third kappa shape index (κ3) is 4.42. The van der Waals surface area contributed by atoms with Crippen LogP contribution >= 0.6 is 23.8 Å². The normalized spacial score (nSPS) is 10.7. The molecule has 0 aliphatic rings. The molecule has 0 radical (unpaired) electrons. The van der Waals surface area contributed by atoms with Crippen molar-refractivity contribution in [2.45, 2.75) is 6.92 Å². The number of halogens is 1. The van der Waals surface area contributed by atoms with Gasteiger partial charge in [0.1, 0.15) is 11.0 Å². The van der Waals surface area contributed by atoms with Crippen molar-refractivity contribution in [2.24, 2.45) is 0 Å². The maximum Gasteiger partial charge on any atom is 0.257 e. The molecule has 1 heterocycles. The number of fused-ring (bicyclic) bond motifs is 1. The molecular weight excluding hydrogens is 406 g/mol. The van der Waals surface area contributed by atoms with E-state index in [0.717, 1.165) is 11.2 Å². The molecule has 1 amide bonds. The number of amides is 1. The number of hydrogen-bond acceptors (Lipinski definition) is 4. The number of aryl methyl sites for hydroxylation is 1. The maximum absolute atomic E-state index is 12.2. The Morgan fingerprint density at radius 3 is 2.38 bits per heavy atom. The molecule has 0 fully saturated rings. The van der Waals surface area contributed by atoms with Gasteiger partial charge < -0.3 is 5.32 Å². The zero-order chi connectivity index (χ0) is 20.4. The molecule has 1 aromatic heterocycles. The van der Waals surface area contributed by atoms with Crippen LogP contribution in [0.15, 0.2) is 66.7 Å². The molecule has 4 rings (SSSR count). The molecule has 0 unspecified atom stereocenters. The predicted molar refractivity (Wildman–Crippen MR) is 119 cm³/mol. The van der Waals surface area contributed by atoms with E-state index in [9.17, 15) is 4.79 Å². The molecule has 0 spiro atoms. The van der Waals surface area contributed by atoms with Crippen LogP contribution in [0.4, 0.5) is 5.69 Å². The van der Waals surface area contributed by atoms with Gasteiger partial charge in [-0.05, 0) is 73.7 Å². The molecule has 0 saturated heterocycles. The van der Waals surface area contributed by atoms with Gasteiger partial charge in [-0.1, -0.05) is 29.3 Å². The summed E-state index contributed by atoms with van der Waals surface area (Å²) in [4.78, 5) is 13.8. The molecule has 0 atom stereocenters. The molecule has 29 heavy (non-hydrogen) atoms. The summed E-state index contributed by atoms with van der Waals surface area (Å²) in [6.07, 6.45) is 0. The average Bonchev–Trinajstić information content (AvgIpc) is 3.12. The van der Waals surface area contributed by atoms with E-state index in [1.807, 2.05) is 49.4 Å². The first-order chi connectivity index (χ1) is 14.0. The summed E-state index contributed by atoms with van der Waals surface area (Å²) in [6.45, 7) is 2.03. The van der Waals surface area contributed by atoms with Crippen molar-refractivity contribution in [1.29, 1.82) is 0 Å². The van der Waals surface area contributed by atoms with Crippen LogP contribution in [-0.2, 0) is 0 Å². The molecule has 3 aromatic carbocycles. The summed E-state index contributed by atoms with van der Waals surface area (Å²) in [5.74, 6) is -0.314. The van der Waals surface area contributed by atoms with Gasteiger partial charge in [0.2, 0.25) is 0 Å². The van der Waals surface area contributed by atoms with Crippen LogP contribution < -0.4 is 10.6 Å². The lowest BCUT2D eigenvalue weighted by molar-refractivity contribution is 0.0977. The van der Waals surface area contributed by atoms with E-state index in [1.165, 1.54) is 5.56 Å². The molecule has 0 bridgehead atoms.